The maximum Gasteiger partial charge on any atom is 0.233 e. The van der Waals surface area contributed by atoms with Gasteiger partial charge in [0.2, 0.25) is 11.8 Å². The maximum absolute atomic E-state index is 12.7. The summed E-state index contributed by atoms with van der Waals surface area (Å²) in [5, 5.41) is 0. The Balaban J connectivity index is 1.72. The van der Waals surface area contributed by atoms with Gasteiger partial charge in [0.05, 0.1) is 32.0 Å². The first kappa shape index (κ1) is 16.1. The minimum Gasteiger partial charge on any atom is -0.497 e. The highest BCUT2D eigenvalue weighted by Gasteiger charge is 2.29. The van der Waals surface area contributed by atoms with Crippen LogP contribution < -0.4 is 19.1 Å². The van der Waals surface area contributed by atoms with Crippen LogP contribution in [-0.2, 0) is 11.2 Å². The van der Waals surface area contributed by atoms with Crippen molar-refractivity contribution in [2.45, 2.75) is 6.42 Å². The second-order valence-corrected chi connectivity index (χ2v) is 5.64. The van der Waals surface area contributed by atoms with Gasteiger partial charge in [-0.15, -0.1) is 0 Å². The van der Waals surface area contributed by atoms with Crippen LogP contribution in [-0.4, -0.2) is 38.8 Å². The zero-order valence-corrected chi connectivity index (χ0v) is 14.0. The number of aromatic nitrogens is 1. The fourth-order valence-electron chi connectivity index (χ4n) is 2.73. The summed E-state index contributed by atoms with van der Waals surface area (Å²) in [5.74, 6) is 1.83. The molecule has 1 amide bonds. The van der Waals surface area contributed by atoms with Crippen molar-refractivity contribution in [1.82, 2.24) is 4.98 Å². The molecule has 6 heteroatoms. The minimum absolute atomic E-state index is 0.00318. The van der Waals surface area contributed by atoms with Gasteiger partial charge in [-0.1, -0.05) is 6.07 Å². The van der Waals surface area contributed by atoms with Gasteiger partial charge in [0.1, 0.15) is 18.1 Å². The van der Waals surface area contributed by atoms with E-state index in [1.54, 1.807) is 38.4 Å². The van der Waals surface area contributed by atoms with Crippen LogP contribution >= 0.6 is 0 Å². The zero-order chi connectivity index (χ0) is 17.1. The summed E-state index contributed by atoms with van der Waals surface area (Å²) >= 11 is 0. The first-order chi connectivity index (χ1) is 11.6. The number of amides is 1. The number of anilines is 1. The first-order valence-corrected chi connectivity index (χ1v) is 7.69. The van der Waals surface area contributed by atoms with Crippen molar-refractivity contribution in [3.63, 3.8) is 0 Å². The van der Waals surface area contributed by atoms with Crippen LogP contribution in [0.25, 0.3) is 0 Å². The molecular formula is C18H20N2O4. The van der Waals surface area contributed by atoms with Crippen molar-refractivity contribution in [3.05, 3.63) is 42.1 Å². The van der Waals surface area contributed by atoms with E-state index < -0.39 is 0 Å². The van der Waals surface area contributed by atoms with Crippen molar-refractivity contribution in [2.24, 2.45) is 5.92 Å². The van der Waals surface area contributed by atoms with Gasteiger partial charge in [-0.25, -0.2) is 4.98 Å². The fraction of sp³-hybridized carbons (Fsp3) is 0.333. The normalized spacial score (nSPS) is 15.9. The Labute approximate surface area is 141 Å². The summed E-state index contributed by atoms with van der Waals surface area (Å²) in [7, 11) is 4.92. The molecule has 2 aromatic rings. The summed E-state index contributed by atoms with van der Waals surface area (Å²) in [4.78, 5) is 18.5. The molecule has 24 heavy (non-hydrogen) atoms. The molecule has 2 heterocycles. The van der Waals surface area contributed by atoms with E-state index in [-0.39, 0.29) is 11.8 Å². The molecule has 1 aliphatic rings. The number of ether oxygens (including phenoxy) is 3. The number of pyridine rings is 1. The van der Waals surface area contributed by atoms with E-state index in [4.69, 9.17) is 14.2 Å². The third-order valence-electron chi connectivity index (χ3n) is 4.18. The Morgan fingerprint density at radius 3 is 2.75 bits per heavy atom. The number of carbonyl (C=O) groups excluding carboxylic acids is 1. The quantitative estimate of drug-likeness (QED) is 0.862. The number of hydrogen-bond donors (Lipinski definition) is 0. The molecule has 0 N–H and O–H groups in total. The third kappa shape index (κ3) is 3.13. The second kappa shape index (κ2) is 6.78. The lowest BCUT2D eigenvalue weighted by atomic mass is 9.95. The minimum atomic E-state index is -0.224. The fourth-order valence-corrected chi connectivity index (χ4v) is 2.73. The number of rotatable bonds is 4. The number of fused-ring (bicyclic) bond motifs is 1. The molecule has 1 aromatic carbocycles. The topological polar surface area (TPSA) is 60.9 Å². The third-order valence-corrected chi connectivity index (χ3v) is 4.18. The molecule has 1 unspecified atom stereocenters. The molecule has 0 bridgehead atoms. The van der Waals surface area contributed by atoms with Gasteiger partial charge >= 0.3 is 0 Å². The van der Waals surface area contributed by atoms with Crippen LogP contribution in [0.3, 0.4) is 0 Å². The monoisotopic (exact) mass is 328 g/mol. The molecule has 0 saturated carbocycles. The molecule has 1 aliphatic heterocycles. The lowest BCUT2D eigenvalue weighted by Gasteiger charge is -2.28. The summed E-state index contributed by atoms with van der Waals surface area (Å²) < 4.78 is 16.0. The Kier molecular flexibility index (Phi) is 4.55. The average molecular weight is 328 g/mol. The molecule has 0 fully saturated rings. The van der Waals surface area contributed by atoms with Crippen LogP contribution in [0.15, 0.2) is 36.5 Å². The Hall–Kier alpha value is -2.76. The highest BCUT2D eigenvalue weighted by molar-refractivity contribution is 5.94. The second-order valence-electron chi connectivity index (χ2n) is 5.64. The summed E-state index contributed by atoms with van der Waals surface area (Å²) in [6, 6.07) is 9.23. The van der Waals surface area contributed by atoms with E-state index >= 15 is 0 Å². The Morgan fingerprint density at radius 1 is 1.25 bits per heavy atom. The van der Waals surface area contributed by atoms with Crippen molar-refractivity contribution < 1.29 is 19.0 Å². The van der Waals surface area contributed by atoms with Crippen molar-refractivity contribution in [3.8, 4) is 17.4 Å². The number of hydrogen-bond acceptors (Lipinski definition) is 5. The van der Waals surface area contributed by atoms with E-state index in [1.807, 2.05) is 24.3 Å². The summed E-state index contributed by atoms with van der Waals surface area (Å²) in [5.41, 5.74) is 1.74. The van der Waals surface area contributed by atoms with Crippen molar-refractivity contribution >= 4 is 11.6 Å². The van der Waals surface area contributed by atoms with Gasteiger partial charge in [-0.2, -0.15) is 0 Å². The van der Waals surface area contributed by atoms with Crippen molar-refractivity contribution in [1.29, 1.82) is 0 Å². The van der Waals surface area contributed by atoms with Crippen LogP contribution in [0.4, 0.5) is 5.69 Å². The molecule has 0 saturated heterocycles. The SMILES string of the molecule is COc1ccc2c(c1)OCC(C(=O)N(C)c1ccc(OC)nc1)C2. The van der Waals surface area contributed by atoms with E-state index in [1.165, 1.54) is 0 Å². The molecule has 0 radical (unpaired) electrons. The van der Waals surface area contributed by atoms with Gasteiger partial charge in [-0.3, -0.25) is 4.79 Å². The van der Waals surface area contributed by atoms with E-state index in [2.05, 4.69) is 4.98 Å². The van der Waals surface area contributed by atoms with Crippen molar-refractivity contribution in [2.75, 3.05) is 32.8 Å². The molecule has 1 atom stereocenters. The van der Waals surface area contributed by atoms with E-state index in [0.29, 0.717) is 18.9 Å². The predicted molar refractivity (Wildman–Crippen MR) is 89.9 cm³/mol. The number of nitrogens with zero attached hydrogens (tertiary/aromatic N) is 2. The number of methoxy groups -OCH3 is 2. The standard InChI is InChI=1S/C18H20N2O4/c1-20(14-5-7-17(23-3)19-10-14)18(21)13-8-12-4-6-15(22-2)9-16(12)24-11-13/h4-7,9-10,13H,8,11H2,1-3H3. The number of carbonyl (C=O) groups is 1. The summed E-state index contributed by atoms with van der Waals surface area (Å²) in [6.45, 7) is 0.354. The van der Waals surface area contributed by atoms with Gasteiger partial charge < -0.3 is 19.1 Å². The molecule has 6 nitrogen and oxygen atoms in total. The molecule has 1 aromatic heterocycles. The van der Waals surface area contributed by atoms with Crippen LogP contribution in [0.2, 0.25) is 0 Å². The molecule has 0 spiro atoms. The van der Waals surface area contributed by atoms with Crippen LogP contribution in [0.1, 0.15) is 5.56 Å². The largest absolute Gasteiger partial charge is 0.497 e. The van der Waals surface area contributed by atoms with Gasteiger partial charge in [-0.05, 0) is 24.1 Å². The van der Waals surface area contributed by atoms with Gasteiger partial charge in [0.15, 0.2) is 0 Å². The smallest absolute Gasteiger partial charge is 0.233 e. The Bertz CT molecular complexity index is 730. The highest BCUT2D eigenvalue weighted by atomic mass is 16.5. The molecule has 3 rings (SSSR count). The predicted octanol–water partition coefficient (Wildman–Crippen LogP) is 2.31. The maximum atomic E-state index is 12.7. The first-order valence-electron chi connectivity index (χ1n) is 7.69. The van der Waals surface area contributed by atoms with Gasteiger partial charge in [0, 0.05) is 19.2 Å². The average Bonchev–Trinajstić information content (AvgIpc) is 2.66. The Morgan fingerprint density at radius 2 is 2.08 bits per heavy atom. The lowest BCUT2D eigenvalue weighted by Crippen LogP contribution is -2.38. The zero-order valence-electron chi connectivity index (χ0n) is 14.0. The number of benzene rings is 1. The molecule has 0 aliphatic carbocycles. The van der Waals surface area contributed by atoms with E-state index in [9.17, 15) is 4.79 Å². The van der Waals surface area contributed by atoms with E-state index in [0.717, 1.165) is 22.7 Å². The van der Waals surface area contributed by atoms with Crippen LogP contribution in [0, 0.1) is 5.92 Å². The van der Waals surface area contributed by atoms with Crippen LogP contribution in [0.5, 0.6) is 17.4 Å². The van der Waals surface area contributed by atoms with Gasteiger partial charge in [0.25, 0.3) is 0 Å². The summed E-state index contributed by atoms with van der Waals surface area (Å²) in [6.07, 6.45) is 2.27. The molecular weight excluding hydrogens is 308 g/mol. The lowest BCUT2D eigenvalue weighted by molar-refractivity contribution is -0.123. The molecule has 126 valence electrons. The highest BCUT2D eigenvalue weighted by Crippen LogP contribution is 2.32.